The Balaban J connectivity index is 0.000000225. The lowest BCUT2D eigenvalue weighted by molar-refractivity contribution is -0.438. The Hall–Kier alpha value is -13.5. The van der Waals surface area contributed by atoms with E-state index in [9.17, 15) is 84.1 Å². The molecule has 9 amide bonds. The monoisotopic (exact) mass is 2060 g/mol. The molecule has 0 bridgehead atoms. The van der Waals surface area contributed by atoms with Crippen LogP contribution in [0, 0.1) is 55.4 Å². The topological polar surface area (TPSA) is 406 Å². The van der Waals surface area contributed by atoms with Crippen LogP contribution >= 0.6 is 0 Å². The van der Waals surface area contributed by atoms with Crippen molar-refractivity contribution in [1.29, 1.82) is 0 Å². The number of nitrogens with zero attached hydrogens (tertiary/aromatic N) is 7. The number of unbranched alkanes of at least 4 members (excludes halogenated alkanes) is 4. The summed E-state index contributed by atoms with van der Waals surface area (Å²) in [5, 5.41) is 30.9. The summed E-state index contributed by atoms with van der Waals surface area (Å²) >= 11 is 0. The lowest BCUT2D eigenvalue weighted by Gasteiger charge is -2.36. The zero-order chi connectivity index (χ0) is 108. The smallest absolute Gasteiger partial charge is 0.333 e. The average molecular weight is 2060 g/mol. The van der Waals surface area contributed by atoms with E-state index in [0.29, 0.717) is 133 Å². The van der Waals surface area contributed by atoms with E-state index in [-0.39, 0.29) is 106 Å². The van der Waals surface area contributed by atoms with Crippen molar-refractivity contribution >= 4 is 114 Å². The molecule has 0 aliphatic carbocycles. The van der Waals surface area contributed by atoms with Crippen molar-refractivity contribution in [3.05, 3.63) is 247 Å². The number of allylic oxidation sites excluding steroid dienone is 12. The van der Waals surface area contributed by atoms with Crippen LogP contribution in [-0.2, 0) is 108 Å². The number of carbonyl (C=O) groups is 10. The predicted molar refractivity (Wildman–Crippen MR) is 568 cm³/mol. The molecule has 33 heteroatoms. The van der Waals surface area contributed by atoms with Gasteiger partial charge >= 0.3 is 5.97 Å². The Kier molecular flexibility index (Phi) is 34.2. The average Bonchev–Trinajstić information content (AvgIpc) is 1.60. The fourth-order valence-electron chi connectivity index (χ4n) is 21.1. The van der Waals surface area contributed by atoms with Gasteiger partial charge in [-0.15, -0.1) is 5.06 Å². The van der Waals surface area contributed by atoms with Crippen LogP contribution in [0.1, 0.15) is 250 Å². The van der Waals surface area contributed by atoms with Crippen molar-refractivity contribution in [2.45, 2.75) is 283 Å². The highest BCUT2D eigenvalue weighted by atomic mass is 32.2. The van der Waals surface area contributed by atoms with Crippen molar-refractivity contribution in [3.63, 3.8) is 0 Å². The molecule has 9 aliphatic rings. The Morgan fingerprint density at radius 3 is 1.22 bits per heavy atom. The number of aromatic hydroxyl groups is 2. The summed E-state index contributed by atoms with van der Waals surface area (Å²) < 4.78 is 85.9. The molecule has 0 spiro atoms. The largest absolute Gasteiger partial charge is 0.507 e. The molecule has 15 rings (SSSR count). The lowest BCUT2D eigenvalue weighted by Crippen LogP contribution is -2.51. The van der Waals surface area contributed by atoms with Crippen LogP contribution in [-0.4, -0.2) is 201 Å². The molecule has 0 saturated carbocycles. The highest BCUT2D eigenvalue weighted by Gasteiger charge is 2.50. The molecule has 2 unspecified atom stereocenters. The Bertz CT molecular complexity index is 6890. The maximum absolute atomic E-state index is 13.7. The summed E-state index contributed by atoms with van der Waals surface area (Å²) in [7, 11) is -8.88. The van der Waals surface area contributed by atoms with Gasteiger partial charge in [-0.05, 0) is 248 Å². The normalized spacial score (nSPS) is 19.7. The van der Waals surface area contributed by atoms with Gasteiger partial charge in [0.1, 0.15) is 36.1 Å². The van der Waals surface area contributed by atoms with Crippen LogP contribution in [0.2, 0.25) is 0 Å². The summed E-state index contributed by atoms with van der Waals surface area (Å²) in [5.41, 5.74) is 17.2. The van der Waals surface area contributed by atoms with E-state index in [1.165, 1.54) is 69.7 Å². The fourth-order valence-corrected chi connectivity index (χ4v) is 22.1. The Morgan fingerprint density at radius 2 is 0.824 bits per heavy atom. The number of hydrogen-bond donors (Lipinski definition) is 7. The van der Waals surface area contributed by atoms with Crippen LogP contribution in [0.4, 0.5) is 22.7 Å². The molecular formula is C115H142N10O21S2+2. The summed E-state index contributed by atoms with van der Waals surface area (Å²) in [4.78, 5) is 133. The number of hydrogen-bond acceptors (Lipinski definition) is 21. The second kappa shape index (κ2) is 45.3. The van der Waals surface area contributed by atoms with E-state index >= 15 is 0 Å². The minimum atomic E-state index is -4.45. The third-order valence-corrected chi connectivity index (χ3v) is 31.9. The van der Waals surface area contributed by atoms with Crippen LogP contribution < -0.4 is 35.2 Å². The molecule has 7 N–H and O–H groups in total. The number of imide groups is 3. The van der Waals surface area contributed by atoms with Gasteiger partial charge in [0, 0.05) is 202 Å². The number of ether oxygens (including phenoxy) is 2. The molecule has 788 valence electrons. The molecule has 9 aliphatic heterocycles. The van der Waals surface area contributed by atoms with E-state index < -0.39 is 60.1 Å². The minimum Gasteiger partial charge on any atom is -0.507 e. The van der Waals surface area contributed by atoms with Gasteiger partial charge in [0.15, 0.2) is 22.6 Å². The van der Waals surface area contributed by atoms with E-state index in [1.807, 2.05) is 139 Å². The first-order valence-electron chi connectivity index (χ1n) is 51.1. The second-order valence-electron chi connectivity index (χ2n) is 42.1. The molecule has 2 atom stereocenters. The van der Waals surface area contributed by atoms with Gasteiger partial charge in [-0.1, -0.05) is 106 Å². The summed E-state index contributed by atoms with van der Waals surface area (Å²) in [6, 6.07) is 22.4. The first kappa shape index (κ1) is 112. The Morgan fingerprint density at radius 1 is 0.426 bits per heavy atom. The molecule has 1 fully saturated rings. The highest BCUT2D eigenvalue weighted by Crippen LogP contribution is 2.52. The van der Waals surface area contributed by atoms with Gasteiger partial charge in [-0.2, -0.15) is 26.0 Å². The van der Waals surface area contributed by atoms with Gasteiger partial charge in [0.25, 0.3) is 67.5 Å². The van der Waals surface area contributed by atoms with Crippen molar-refractivity contribution in [3.8, 4) is 23.0 Å². The Labute approximate surface area is 868 Å². The number of aryl methyl sites for hydroxylation is 2. The van der Waals surface area contributed by atoms with E-state index in [4.69, 9.17) is 14.3 Å². The summed E-state index contributed by atoms with van der Waals surface area (Å²) in [5.74, 6) is -1.34. The lowest BCUT2D eigenvalue weighted by atomic mass is 9.81. The van der Waals surface area contributed by atoms with Crippen LogP contribution in [0.5, 0.6) is 23.0 Å². The number of nitrogens with one attached hydrogen (secondary N) is 3. The number of benzene rings is 6. The van der Waals surface area contributed by atoms with Gasteiger partial charge in [-0.3, -0.25) is 62.1 Å². The van der Waals surface area contributed by atoms with E-state index in [0.717, 1.165) is 125 Å². The molecule has 148 heavy (non-hydrogen) atoms. The second-order valence-corrected chi connectivity index (χ2v) is 44.9. The van der Waals surface area contributed by atoms with E-state index in [1.54, 1.807) is 18.2 Å². The van der Waals surface area contributed by atoms with Gasteiger partial charge in [0.2, 0.25) is 17.3 Å². The number of carbonyl (C=O) groups excluding carboxylic acids is 10. The highest BCUT2D eigenvalue weighted by molar-refractivity contribution is 7.86. The first-order chi connectivity index (χ1) is 69.7. The van der Waals surface area contributed by atoms with E-state index in [2.05, 4.69) is 125 Å². The molecule has 6 aromatic rings. The minimum absolute atomic E-state index is 0.0313. The summed E-state index contributed by atoms with van der Waals surface area (Å²) in [6.07, 6.45) is 34.1. The van der Waals surface area contributed by atoms with Gasteiger partial charge in [-0.25, -0.2) is 4.79 Å². The quantitative estimate of drug-likeness (QED) is 0.00631. The molecule has 31 nitrogen and oxygen atoms in total. The molecule has 6 aromatic carbocycles. The zero-order valence-electron chi connectivity index (χ0n) is 88.6. The molecular weight excluding hydrogens is 1920 g/mol. The van der Waals surface area contributed by atoms with Crippen LogP contribution in [0.3, 0.4) is 0 Å². The number of anilines is 2. The van der Waals surface area contributed by atoms with Crippen LogP contribution in [0.25, 0.3) is 0 Å². The maximum Gasteiger partial charge on any atom is 0.333 e. The number of amides is 9. The standard InChI is InChI=1S/C55H67N5O9S.C53H64N4O10S.C7H9NO2/c1-35-20-22-43-41(33-35)53(5,6)45(59(43)31-16-28-57-52(65)55(9)27-26-40-38(4)50(64)36(2)37(3)51(40)69-55)17-12-10-13-18-46-54(7,8)42-34-39(70(66,67)68)21-23-44(42)58(46)30-15-11-14-19-47(61)56-29-32-60-48(62)24-25-49(60)63;1-33-20-22-41-39(31-33)51(5,6)43(56(41)30-16-28-54-50(62)53(9)27-26-38-36(4)48(61)34(2)35(3)49(38)66-53)17-12-10-13-18-44-52(7,8)40-32-37(68(63,64)65)21-23-42(40)55(44)29-15-11-14-19-47(60)67-57-45(58)24-25-46(57)59;1-2-5-8-6(9)3-4-7(8)10/h10,12-13,17-18,20-25,33-34H,11,14-16,19,26-32H2,1-9H3,(H3-,56,57,61,64,65,66,67,68);10,12-13,17-18,20-23,31-32H,11,14-16,19,24-30H2,1-9H3,(H2-,54,61,62,63,64,65);3-4H,2,5H2,1H3/p+2. The van der Waals surface area contributed by atoms with Crippen molar-refractivity contribution in [1.82, 2.24) is 30.8 Å². The number of hydroxylamine groups is 2. The predicted octanol–water partition coefficient (Wildman–Crippen LogP) is 16.8. The summed E-state index contributed by atoms with van der Waals surface area (Å²) in [6.45, 7) is 42.4. The molecule has 0 radical (unpaired) electrons. The number of phenols is 2. The third kappa shape index (κ3) is 23.8. The third-order valence-electron chi connectivity index (χ3n) is 30.2. The van der Waals surface area contributed by atoms with Crippen LogP contribution in [0.15, 0.2) is 179 Å². The van der Waals surface area contributed by atoms with Crippen molar-refractivity contribution in [2.24, 2.45) is 0 Å². The zero-order valence-corrected chi connectivity index (χ0v) is 90.2. The fraction of sp³-hybridized carbons (Fsp3) is 0.443. The molecule has 0 aromatic heterocycles. The number of rotatable bonds is 36. The molecule has 1 saturated heterocycles. The van der Waals surface area contributed by atoms with Crippen molar-refractivity contribution < 1.29 is 108 Å². The van der Waals surface area contributed by atoms with Gasteiger partial charge in [0.05, 0.1) is 20.6 Å². The first-order valence-corrected chi connectivity index (χ1v) is 54.0. The number of fused-ring (bicyclic) bond motifs is 6. The van der Waals surface area contributed by atoms with Gasteiger partial charge < -0.3 is 50.3 Å². The SMILES string of the molecule is CCCN1C(=O)C=CC1=O.Cc1ccc2c(c1)C(C)(C)C(=CC=CC=CC1=[N+](CCCCCC(=O)NCCN3C(=O)C=CC3=O)c3ccc(S(=O)(=O)O)cc3C1(C)C)N2CCCNC(=O)C1(C)CCc2c(C)c(O)c(C)c(C)c2O1.Cc1ccc2c(c1)C(C)(C)C(=CC=CC=CC1=[N+](CCCCCC(=O)ON3C(=O)CCC3=O)c3ccc(S(=O)(=O)O)cc3C1(C)C)N2CCCNC(=O)C1(C)CCc2c(C)c(O)c(C)c(C)c2O1. The van der Waals surface area contributed by atoms with Crippen molar-refractivity contribution in [2.75, 3.05) is 68.7 Å². The maximum atomic E-state index is 13.7. The number of phenolic OH excluding ortho intramolecular Hbond substituents is 2. The molecule has 9 heterocycles.